The molecule has 0 aliphatic heterocycles. The van der Waals surface area contributed by atoms with Crippen LogP contribution in [0.25, 0.3) is 11.1 Å². The number of ether oxygens (including phenoxy) is 1. The molecule has 5 heteroatoms. The zero-order chi connectivity index (χ0) is 20.5. The van der Waals surface area contributed by atoms with Crippen molar-refractivity contribution in [1.82, 2.24) is 5.32 Å². The van der Waals surface area contributed by atoms with Gasteiger partial charge in [0.05, 0.1) is 13.0 Å². The molecule has 0 saturated heterocycles. The van der Waals surface area contributed by atoms with Crippen LogP contribution in [-0.2, 0) is 16.0 Å². The third-order valence-electron chi connectivity index (χ3n) is 4.46. The lowest BCUT2D eigenvalue weighted by Gasteiger charge is -2.08. The average molecular weight is 388 g/mol. The van der Waals surface area contributed by atoms with Crippen molar-refractivity contribution in [3.05, 3.63) is 90.0 Å². The number of hydrogen-bond donors (Lipinski definition) is 2. The Bertz CT molecular complexity index is 936. The second kappa shape index (κ2) is 10.2. The first-order chi connectivity index (χ1) is 14.2. The van der Waals surface area contributed by atoms with Crippen LogP contribution in [0.15, 0.2) is 78.9 Å². The van der Waals surface area contributed by atoms with E-state index in [-0.39, 0.29) is 11.8 Å². The van der Waals surface area contributed by atoms with E-state index in [1.54, 1.807) is 19.2 Å². The molecule has 5 nitrogen and oxygen atoms in total. The SMILES string of the molecule is COCCNC(=O)Cc1ccc(NC(=O)c2ccc(-c3ccccc3)cc2)cc1. The van der Waals surface area contributed by atoms with Crippen molar-refractivity contribution in [2.24, 2.45) is 0 Å². The number of methoxy groups -OCH3 is 1. The van der Waals surface area contributed by atoms with E-state index in [0.29, 0.717) is 30.8 Å². The third kappa shape index (κ3) is 6.02. The van der Waals surface area contributed by atoms with Gasteiger partial charge in [0.1, 0.15) is 0 Å². The molecule has 0 aliphatic rings. The van der Waals surface area contributed by atoms with Crippen LogP contribution in [0.4, 0.5) is 5.69 Å². The number of benzene rings is 3. The van der Waals surface area contributed by atoms with Gasteiger partial charge in [-0.25, -0.2) is 0 Å². The van der Waals surface area contributed by atoms with Crippen molar-refractivity contribution in [3.63, 3.8) is 0 Å². The van der Waals surface area contributed by atoms with Gasteiger partial charge in [0.25, 0.3) is 5.91 Å². The monoisotopic (exact) mass is 388 g/mol. The van der Waals surface area contributed by atoms with Crippen LogP contribution in [0.5, 0.6) is 0 Å². The number of anilines is 1. The van der Waals surface area contributed by atoms with Gasteiger partial charge in [-0.15, -0.1) is 0 Å². The summed E-state index contributed by atoms with van der Waals surface area (Å²) in [4.78, 5) is 24.3. The lowest BCUT2D eigenvalue weighted by Crippen LogP contribution is -2.28. The Morgan fingerprint density at radius 2 is 1.48 bits per heavy atom. The molecule has 0 heterocycles. The first kappa shape index (κ1) is 20.3. The van der Waals surface area contributed by atoms with Crippen molar-refractivity contribution >= 4 is 17.5 Å². The summed E-state index contributed by atoms with van der Waals surface area (Å²) in [6, 6.07) is 24.8. The molecule has 3 rings (SSSR count). The Balaban J connectivity index is 1.56. The van der Waals surface area contributed by atoms with Gasteiger partial charge in [-0.05, 0) is 41.0 Å². The van der Waals surface area contributed by atoms with Crippen LogP contribution >= 0.6 is 0 Å². The molecule has 29 heavy (non-hydrogen) atoms. The normalized spacial score (nSPS) is 10.4. The van der Waals surface area contributed by atoms with Crippen molar-refractivity contribution in [2.45, 2.75) is 6.42 Å². The Labute approximate surface area is 170 Å². The van der Waals surface area contributed by atoms with Gasteiger partial charge in [-0.3, -0.25) is 9.59 Å². The van der Waals surface area contributed by atoms with Gasteiger partial charge in [0.2, 0.25) is 5.91 Å². The van der Waals surface area contributed by atoms with Crippen LogP contribution in [0.1, 0.15) is 15.9 Å². The predicted molar refractivity (Wildman–Crippen MR) is 115 cm³/mol. The molecule has 0 atom stereocenters. The number of nitrogens with one attached hydrogen (secondary N) is 2. The van der Waals surface area contributed by atoms with Gasteiger partial charge in [-0.2, -0.15) is 0 Å². The third-order valence-corrected chi connectivity index (χ3v) is 4.46. The number of hydrogen-bond acceptors (Lipinski definition) is 3. The highest BCUT2D eigenvalue weighted by atomic mass is 16.5. The fourth-order valence-corrected chi connectivity index (χ4v) is 2.89. The zero-order valence-electron chi connectivity index (χ0n) is 16.4. The fraction of sp³-hybridized carbons (Fsp3) is 0.167. The average Bonchev–Trinajstić information content (AvgIpc) is 2.76. The highest BCUT2D eigenvalue weighted by Crippen LogP contribution is 2.20. The minimum Gasteiger partial charge on any atom is -0.383 e. The molecular formula is C24H24N2O3. The smallest absolute Gasteiger partial charge is 0.255 e. The zero-order valence-corrected chi connectivity index (χ0v) is 16.4. The van der Waals surface area contributed by atoms with Gasteiger partial charge in [0.15, 0.2) is 0 Å². The van der Waals surface area contributed by atoms with E-state index >= 15 is 0 Å². The molecule has 2 N–H and O–H groups in total. The van der Waals surface area contributed by atoms with Crippen LogP contribution in [-0.4, -0.2) is 32.1 Å². The van der Waals surface area contributed by atoms with E-state index in [9.17, 15) is 9.59 Å². The van der Waals surface area contributed by atoms with E-state index in [2.05, 4.69) is 10.6 Å². The highest BCUT2D eigenvalue weighted by molar-refractivity contribution is 6.04. The Hall–Kier alpha value is -3.44. The van der Waals surface area contributed by atoms with Gasteiger partial charge in [-0.1, -0.05) is 54.6 Å². The fourth-order valence-electron chi connectivity index (χ4n) is 2.89. The summed E-state index contributed by atoms with van der Waals surface area (Å²) < 4.78 is 4.91. The van der Waals surface area contributed by atoms with Gasteiger partial charge < -0.3 is 15.4 Å². The Morgan fingerprint density at radius 3 is 2.14 bits per heavy atom. The summed E-state index contributed by atoms with van der Waals surface area (Å²) in [6.45, 7) is 0.982. The maximum absolute atomic E-state index is 12.5. The minimum absolute atomic E-state index is 0.0580. The van der Waals surface area contributed by atoms with Crippen molar-refractivity contribution in [2.75, 3.05) is 25.6 Å². The Morgan fingerprint density at radius 1 is 0.828 bits per heavy atom. The summed E-state index contributed by atoms with van der Waals surface area (Å²) in [5.74, 6) is -0.230. The molecule has 0 saturated carbocycles. The van der Waals surface area contributed by atoms with Crippen molar-refractivity contribution in [3.8, 4) is 11.1 Å². The number of rotatable bonds is 8. The first-order valence-corrected chi connectivity index (χ1v) is 9.47. The maximum atomic E-state index is 12.5. The molecule has 0 aliphatic carbocycles. The number of carbonyl (C=O) groups excluding carboxylic acids is 2. The molecule has 2 amide bonds. The van der Waals surface area contributed by atoms with Gasteiger partial charge in [0, 0.05) is 24.9 Å². The Kier molecular flexibility index (Phi) is 7.14. The van der Waals surface area contributed by atoms with Crippen LogP contribution in [0.2, 0.25) is 0 Å². The lowest BCUT2D eigenvalue weighted by molar-refractivity contribution is -0.120. The second-order valence-corrected chi connectivity index (χ2v) is 6.61. The molecule has 3 aromatic carbocycles. The highest BCUT2D eigenvalue weighted by Gasteiger charge is 2.08. The molecule has 0 aromatic heterocycles. The quantitative estimate of drug-likeness (QED) is 0.575. The van der Waals surface area contributed by atoms with E-state index in [1.807, 2.05) is 66.7 Å². The predicted octanol–water partition coefficient (Wildman–Crippen LogP) is 3.91. The van der Waals surface area contributed by atoms with Crippen molar-refractivity contribution < 1.29 is 14.3 Å². The molecule has 148 valence electrons. The standard InChI is InChI=1S/C24H24N2O3/c1-29-16-15-25-23(27)17-18-7-13-22(14-8-18)26-24(28)21-11-9-20(10-12-21)19-5-3-2-4-6-19/h2-14H,15-17H2,1H3,(H,25,27)(H,26,28). The molecule has 0 spiro atoms. The van der Waals surface area contributed by atoms with E-state index in [0.717, 1.165) is 16.7 Å². The molecule has 0 fully saturated rings. The van der Waals surface area contributed by atoms with Crippen LogP contribution in [0, 0.1) is 0 Å². The second-order valence-electron chi connectivity index (χ2n) is 6.61. The minimum atomic E-state index is -0.172. The molecule has 3 aromatic rings. The van der Waals surface area contributed by atoms with Gasteiger partial charge >= 0.3 is 0 Å². The summed E-state index contributed by atoms with van der Waals surface area (Å²) in [5, 5.41) is 5.67. The number of carbonyl (C=O) groups is 2. The molecule has 0 bridgehead atoms. The van der Waals surface area contributed by atoms with E-state index in [4.69, 9.17) is 4.74 Å². The molecular weight excluding hydrogens is 364 g/mol. The maximum Gasteiger partial charge on any atom is 0.255 e. The first-order valence-electron chi connectivity index (χ1n) is 9.47. The topological polar surface area (TPSA) is 67.4 Å². The largest absolute Gasteiger partial charge is 0.383 e. The lowest BCUT2D eigenvalue weighted by atomic mass is 10.0. The van der Waals surface area contributed by atoms with Crippen LogP contribution in [0.3, 0.4) is 0 Å². The summed E-state index contributed by atoms with van der Waals surface area (Å²) in [6.07, 6.45) is 0.291. The molecule has 0 radical (unpaired) electrons. The molecule has 0 unspecified atom stereocenters. The number of amides is 2. The van der Waals surface area contributed by atoms with Crippen molar-refractivity contribution in [1.29, 1.82) is 0 Å². The summed E-state index contributed by atoms with van der Waals surface area (Å²) >= 11 is 0. The van der Waals surface area contributed by atoms with E-state index in [1.165, 1.54) is 0 Å². The van der Waals surface area contributed by atoms with E-state index < -0.39 is 0 Å². The summed E-state index contributed by atoms with van der Waals surface area (Å²) in [7, 11) is 1.59. The summed E-state index contributed by atoms with van der Waals surface area (Å²) in [5.41, 5.74) is 4.33. The van der Waals surface area contributed by atoms with Crippen LogP contribution < -0.4 is 10.6 Å².